The SMILES string of the molecule is c1cc(C2COCO2)ccc1CCN1CCNCC1. The molecule has 0 aromatic heterocycles. The second-order valence-electron chi connectivity index (χ2n) is 5.23. The second kappa shape index (κ2) is 6.48. The van der Waals surface area contributed by atoms with E-state index in [1.807, 2.05) is 0 Å². The Morgan fingerprint density at radius 3 is 2.63 bits per heavy atom. The van der Waals surface area contributed by atoms with Gasteiger partial charge in [0, 0.05) is 32.7 Å². The number of nitrogens with one attached hydrogen (secondary N) is 1. The van der Waals surface area contributed by atoms with Crippen molar-refractivity contribution in [3.05, 3.63) is 35.4 Å². The topological polar surface area (TPSA) is 33.7 Å². The fraction of sp³-hybridized carbons (Fsp3) is 0.600. The minimum atomic E-state index is 0.127. The molecule has 2 aliphatic heterocycles. The molecule has 0 saturated carbocycles. The Bertz CT molecular complexity index is 382. The Hall–Kier alpha value is -0.940. The minimum absolute atomic E-state index is 0.127. The molecule has 0 aliphatic carbocycles. The van der Waals surface area contributed by atoms with E-state index in [2.05, 4.69) is 34.5 Å². The Morgan fingerprint density at radius 1 is 1.16 bits per heavy atom. The van der Waals surface area contributed by atoms with E-state index in [1.165, 1.54) is 24.2 Å². The highest BCUT2D eigenvalue weighted by molar-refractivity contribution is 5.25. The summed E-state index contributed by atoms with van der Waals surface area (Å²) in [6, 6.07) is 8.79. The van der Waals surface area contributed by atoms with Crippen LogP contribution in [0, 0.1) is 0 Å². The van der Waals surface area contributed by atoms with Crippen LogP contribution in [0.15, 0.2) is 24.3 Å². The molecule has 2 saturated heterocycles. The molecule has 4 heteroatoms. The van der Waals surface area contributed by atoms with E-state index in [0.717, 1.165) is 26.1 Å². The lowest BCUT2D eigenvalue weighted by molar-refractivity contribution is 0.0466. The van der Waals surface area contributed by atoms with Crippen LogP contribution in [0.5, 0.6) is 0 Å². The van der Waals surface area contributed by atoms with E-state index in [0.29, 0.717) is 13.4 Å². The Labute approximate surface area is 114 Å². The zero-order valence-corrected chi connectivity index (χ0v) is 11.3. The Balaban J connectivity index is 1.50. The van der Waals surface area contributed by atoms with Crippen molar-refractivity contribution in [1.82, 2.24) is 10.2 Å². The first-order valence-electron chi connectivity index (χ1n) is 7.13. The summed E-state index contributed by atoms with van der Waals surface area (Å²) in [4.78, 5) is 2.53. The number of rotatable bonds is 4. The molecule has 0 bridgehead atoms. The molecule has 4 nitrogen and oxygen atoms in total. The number of nitrogens with zero attached hydrogens (tertiary/aromatic N) is 1. The molecule has 2 heterocycles. The van der Waals surface area contributed by atoms with Gasteiger partial charge in [0.25, 0.3) is 0 Å². The van der Waals surface area contributed by atoms with Gasteiger partial charge in [0.2, 0.25) is 0 Å². The van der Waals surface area contributed by atoms with Gasteiger partial charge in [-0.2, -0.15) is 0 Å². The van der Waals surface area contributed by atoms with E-state index < -0.39 is 0 Å². The first-order valence-corrected chi connectivity index (χ1v) is 7.13. The van der Waals surface area contributed by atoms with E-state index >= 15 is 0 Å². The second-order valence-corrected chi connectivity index (χ2v) is 5.23. The Morgan fingerprint density at radius 2 is 1.95 bits per heavy atom. The van der Waals surface area contributed by atoms with Gasteiger partial charge in [0.05, 0.1) is 6.61 Å². The van der Waals surface area contributed by atoms with Crippen molar-refractivity contribution in [2.24, 2.45) is 0 Å². The van der Waals surface area contributed by atoms with Crippen molar-refractivity contribution in [2.75, 3.05) is 46.1 Å². The van der Waals surface area contributed by atoms with Crippen molar-refractivity contribution in [3.63, 3.8) is 0 Å². The molecule has 3 rings (SSSR count). The quantitative estimate of drug-likeness (QED) is 0.883. The summed E-state index contributed by atoms with van der Waals surface area (Å²) < 4.78 is 10.7. The predicted molar refractivity (Wildman–Crippen MR) is 74.1 cm³/mol. The van der Waals surface area contributed by atoms with Crippen molar-refractivity contribution < 1.29 is 9.47 Å². The van der Waals surface area contributed by atoms with Crippen molar-refractivity contribution in [1.29, 1.82) is 0 Å². The van der Waals surface area contributed by atoms with Gasteiger partial charge in [0.15, 0.2) is 0 Å². The first-order chi connectivity index (χ1) is 9.42. The van der Waals surface area contributed by atoms with Crippen LogP contribution >= 0.6 is 0 Å². The summed E-state index contributed by atoms with van der Waals surface area (Å²) in [5.74, 6) is 0. The molecule has 1 unspecified atom stereocenters. The maximum absolute atomic E-state index is 5.50. The number of piperazine rings is 1. The molecule has 2 fully saturated rings. The van der Waals surface area contributed by atoms with Crippen molar-refractivity contribution >= 4 is 0 Å². The first kappa shape index (κ1) is 13.1. The van der Waals surface area contributed by atoms with Crippen LogP contribution in [0.3, 0.4) is 0 Å². The molecule has 1 atom stereocenters. The maximum atomic E-state index is 5.50. The van der Waals surface area contributed by atoms with Gasteiger partial charge < -0.3 is 19.7 Å². The molecule has 0 amide bonds. The summed E-state index contributed by atoms with van der Waals surface area (Å²) in [6.45, 7) is 6.85. The van der Waals surface area contributed by atoms with Gasteiger partial charge >= 0.3 is 0 Å². The predicted octanol–water partition coefficient (Wildman–Crippen LogP) is 1.18. The lowest BCUT2D eigenvalue weighted by Gasteiger charge is -2.27. The summed E-state index contributed by atoms with van der Waals surface area (Å²) in [7, 11) is 0. The van der Waals surface area contributed by atoms with Crippen LogP contribution in [0.1, 0.15) is 17.2 Å². The van der Waals surface area contributed by atoms with Crippen LogP contribution in [-0.2, 0) is 15.9 Å². The Kier molecular flexibility index (Phi) is 4.45. The van der Waals surface area contributed by atoms with Gasteiger partial charge in [-0.1, -0.05) is 24.3 Å². The molecule has 104 valence electrons. The van der Waals surface area contributed by atoms with Gasteiger partial charge in [-0.05, 0) is 17.5 Å². The molecule has 2 aliphatic rings. The molecule has 1 aromatic carbocycles. The molecular formula is C15H22N2O2. The summed E-state index contributed by atoms with van der Waals surface area (Å²) in [5, 5.41) is 3.38. The van der Waals surface area contributed by atoms with Gasteiger partial charge in [-0.15, -0.1) is 0 Å². The number of benzene rings is 1. The zero-order chi connectivity index (χ0) is 12.9. The van der Waals surface area contributed by atoms with Crippen molar-refractivity contribution in [2.45, 2.75) is 12.5 Å². The largest absolute Gasteiger partial charge is 0.352 e. The lowest BCUT2D eigenvalue weighted by Crippen LogP contribution is -2.44. The standard InChI is InChI=1S/C15H22N2O2/c1-3-14(15-11-18-12-19-15)4-2-13(1)5-8-17-9-6-16-7-10-17/h1-4,15-16H,5-12H2. The van der Waals surface area contributed by atoms with E-state index in [9.17, 15) is 0 Å². The lowest BCUT2D eigenvalue weighted by atomic mass is 10.1. The normalized spacial score (nSPS) is 24.7. The summed E-state index contributed by atoms with van der Waals surface area (Å²) >= 11 is 0. The third-order valence-corrected chi connectivity index (χ3v) is 3.90. The van der Waals surface area contributed by atoms with E-state index in [4.69, 9.17) is 9.47 Å². The van der Waals surface area contributed by atoms with Gasteiger partial charge in [-0.25, -0.2) is 0 Å². The third-order valence-electron chi connectivity index (χ3n) is 3.90. The van der Waals surface area contributed by atoms with Crippen molar-refractivity contribution in [3.8, 4) is 0 Å². The van der Waals surface area contributed by atoms with Crippen LogP contribution in [0.4, 0.5) is 0 Å². The third kappa shape index (κ3) is 3.54. The summed E-state index contributed by atoms with van der Waals surface area (Å²) in [5.41, 5.74) is 2.63. The average molecular weight is 262 g/mol. The molecule has 19 heavy (non-hydrogen) atoms. The number of ether oxygens (including phenoxy) is 2. The monoisotopic (exact) mass is 262 g/mol. The molecular weight excluding hydrogens is 240 g/mol. The summed E-state index contributed by atoms with van der Waals surface area (Å²) in [6.07, 6.45) is 1.25. The molecule has 0 spiro atoms. The minimum Gasteiger partial charge on any atom is -0.352 e. The number of hydrogen-bond donors (Lipinski definition) is 1. The number of hydrogen-bond acceptors (Lipinski definition) is 4. The van der Waals surface area contributed by atoms with Gasteiger partial charge in [-0.3, -0.25) is 0 Å². The van der Waals surface area contributed by atoms with Crippen LogP contribution in [0.2, 0.25) is 0 Å². The molecule has 0 radical (unpaired) electrons. The van der Waals surface area contributed by atoms with E-state index in [1.54, 1.807) is 0 Å². The van der Waals surface area contributed by atoms with Crippen LogP contribution in [0.25, 0.3) is 0 Å². The highest BCUT2D eigenvalue weighted by Gasteiger charge is 2.17. The van der Waals surface area contributed by atoms with Gasteiger partial charge in [0.1, 0.15) is 12.9 Å². The fourth-order valence-electron chi connectivity index (χ4n) is 2.65. The zero-order valence-electron chi connectivity index (χ0n) is 11.3. The smallest absolute Gasteiger partial charge is 0.147 e. The highest BCUT2D eigenvalue weighted by atomic mass is 16.7. The molecule has 1 N–H and O–H groups in total. The molecule has 1 aromatic rings. The van der Waals surface area contributed by atoms with Crippen LogP contribution in [-0.4, -0.2) is 51.0 Å². The van der Waals surface area contributed by atoms with E-state index in [-0.39, 0.29) is 6.10 Å². The maximum Gasteiger partial charge on any atom is 0.147 e. The highest BCUT2D eigenvalue weighted by Crippen LogP contribution is 2.22. The fourth-order valence-corrected chi connectivity index (χ4v) is 2.65. The average Bonchev–Trinajstić information content (AvgIpc) is 3.01. The van der Waals surface area contributed by atoms with Crippen LogP contribution < -0.4 is 5.32 Å².